The number of benzene rings is 1. The van der Waals surface area contributed by atoms with Gasteiger partial charge in [-0.1, -0.05) is 37.3 Å². The first kappa shape index (κ1) is 13.2. The smallest absolute Gasteiger partial charge is 0.151 e. The Hall–Kier alpha value is -0.870. The predicted octanol–water partition coefficient (Wildman–Crippen LogP) is 1.77. The summed E-state index contributed by atoms with van der Waals surface area (Å²) in [6, 6.07) is 10.2. The molecular weight excluding hydrogens is 222 g/mol. The van der Waals surface area contributed by atoms with Gasteiger partial charge in [0.15, 0.2) is 9.84 Å². The molecule has 16 heavy (non-hydrogen) atoms. The number of rotatable bonds is 6. The highest BCUT2D eigenvalue weighted by Gasteiger charge is 2.08. The van der Waals surface area contributed by atoms with Crippen LogP contribution in [0, 0.1) is 0 Å². The van der Waals surface area contributed by atoms with Gasteiger partial charge in [-0.3, -0.25) is 0 Å². The van der Waals surface area contributed by atoms with Crippen molar-refractivity contribution in [2.24, 2.45) is 0 Å². The molecule has 1 aromatic rings. The maximum absolute atomic E-state index is 11.3. The van der Waals surface area contributed by atoms with E-state index >= 15 is 0 Å². The van der Waals surface area contributed by atoms with Gasteiger partial charge >= 0.3 is 0 Å². The third-order valence-electron chi connectivity index (χ3n) is 2.60. The van der Waals surface area contributed by atoms with Crippen LogP contribution in [-0.2, 0) is 9.84 Å². The predicted molar refractivity (Wildman–Crippen MR) is 67.2 cm³/mol. The van der Waals surface area contributed by atoms with Gasteiger partial charge in [0.2, 0.25) is 0 Å². The van der Waals surface area contributed by atoms with Crippen LogP contribution in [0.3, 0.4) is 0 Å². The minimum Gasteiger partial charge on any atom is -0.309 e. The zero-order valence-corrected chi connectivity index (χ0v) is 10.6. The standard InChI is InChI=1S/C12H19NO2S/c1-3-16(14,15)10-9-13-11(2)12-7-5-4-6-8-12/h4-8,11,13H,3,9-10H2,1-2H3. The Morgan fingerprint density at radius 2 is 1.88 bits per heavy atom. The Morgan fingerprint density at radius 3 is 2.44 bits per heavy atom. The van der Waals surface area contributed by atoms with E-state index in [1.807, 2.05) is 37.3 Å². The number of hydrogen-bond donors (Lipinski definition) is 1. The molecule has 1 N–H and O–H groups in total. The maximum atomic E-state index is 11.3. The van der Waals surface area contributed by atoms with E-state index in [-0.39, 0.29) is 17.5 Å². The summed E-state index contributed by atoms with van der Waals surface area (Å²) < 4.78 is 22.6. The quantitative estimate of drug-likeness (QED) is 0.825. The monoisotopic (exact) mass is 241 g/mol. The van der Waals surface area contributed by atoms with Gasteiger partial charge in [0.05, 0.1) is 5.75 Å². The highest BCUT2D eigenvalue weighted by molar-refractivity contribution is 7.91. The third-order valence-corrected chi connectivity index (χ3v) is 4.31. The Bertz CT molecular complexity index is 400. The average molecular weight is 241 g/mol. The van der Waals surface area contributed by atoms with Gasteiger partial charge in [-0.15, -0.1) is 0 Å². The molecule has 0 radical (unpaired) electrons. The Kier molecular flexibility index (Phi) is 4.96. The van der Waals surface area contributed by atoms with Crippen LogP contribution in [0.2, 0.25) is 0 Å². The molecule has 0 saturated carbocycles. The summed E-state index contributed by atoms with van der Waals surface area (Å²) in [6.07, 6.45) is 0. The van der Waals surface area contributed by atoms with Crippen molar-refractivity contribution in [3.63, 3.8) is 0 Å². The van der Waals surface area contributed by atoms with E-state index in [1.165, 1.54) is 5.56 Å². The second-order valence-corrected chi connectivity index (χ2v) is 6.30. The van der Waals surface area contributed by atoms with Gasteiger partial charge in [0.25, 0.3) is 0 Å². The normalized spacial score (nSPS) is 13.6. The van der Waals surface area contributed by atoms with Gasteiger partial charge in [-0.05, 0) is 12.5 Å². The summed E-state index contributed by atoms with van der Waals surface area (Å²) in [4.78, 5) is 0. The van der Waals surface area contributed by atoms with Crippen molar-refractivity contribution in [2.75, 3.05) is 18.1 Å². The van der Waals surface area contributed by atoms with Gasteiger partial charge in [0, 0.05) is 18.3 Å². The zero-order chi connectivity index (χ0) is 12.0. The SMILES string of the molecule is CCS(=O)(=O)CCNC(C)c1ccccc1. The summed E-state index contributed by atoms with van der Waals surface area (Å²) in [5.41, 5.74) is 1.18. The number of nitrogens with one attached hydrogen (secondary N) is 1. The topological polar surface area (TPSA) is 46.2 Å². The number of hydrogen-bond acceptors (Lipinski definition) is 3. The molecule has 0 aromatic heterocycles. The summed E-state index contributed by atoms with van der Waals surface area (Å²) in [5, 5.41) is 3.21. The number of sulfone groups is 1. The van der Waals surface area contributed by atoms with Gasteiger partial charge < -0.3 is 5.32 Å². The average Bonchev–Trinajstić information content (AvgIpc) is 2.30. The van der Waals surface area contributed by atoms with E-state index in [2.05, 4.69) is 5.32 Å². The summed E-state index contributed by atoms with van der Waals surface area (Å²) in [5.74, 6) is 0.426. The van der Waals surface area contributed by atoms with Crippen molar-refractivity contribution in [1.82, 2.24) is 5.32 Å². The van der Waals surface area contributed by atoms with Crippen molar-refractivity contribution in [3.8, 4) is 0 Å². The minimum atomic E-state index is -2.86. The van der Waals surface area contributed by atoms with E-state index in [4.69, 9.17) is 0 Å². The first-order valence-corrected chi connectivity index (χ1v) is 7.36. The lowest BCUT2D eigenvalue weighted by molar-refractivity contribution is 0.573. The fourth-order valence-corrected chi connectivity index (χ4v) is 2.15. The van der Waals surface area contributed by atoms with Crippen molar-refractivity contribution >= 4 is 9.84 Å². The molecule has 0 aliphatic carbocycles. The van der Waals surface area contributed by atoms with Crippen LogP contribution in [0.1, 0.15) is 25.5 Å². The molecule has 0 aliphatic heterocycles. The van der Waals surface area contributed by atoms with Crippen LogP contribution >= 0.6 is 0 Å². The van der Waals surface area contributed by atoms with E-state index in [0.717, 1.165) is 0 Å². The summed E-state index contributed by atoms with van der Waals surface area (Å²) in [7, 11) is -2.86. The van der Waals surface area contributed by atoms with Gasteiger partial charge in [-0.25, -0.2) is 8.42 Å². The van der Waals surface area contributed by atoms with Crippen molar-refractivity contribution < 1.29 is 8.42 Å². The maximum Gasteiger partial charge on any atom is 0.151 e. The highest BCUT2D eigenvalue weighted by Crippen LogP contribution is 2.10. The molecule has 0 bridgehead atoms. The highest BCUT2D eigenvalue weighted by atomic mass is 32.2. The van der Waals surface area contributed by atoms with Crippen LogP contribution in [0.15, 0.2) is 30.3 Å². The van der Waals surface area contributed by atoms with Gasteiger partial charge in [0.1, 0.15) is 0 Å². The molecular formula is C12H19NO2S. The van der Waals surface area contributed by atoms with E-state index < -0.39 is 9.84 Å². The summed E-state index contributed by atoms with van der Waals surface area (Å²) >= 11 is 0. The lowest BCUT2D eigenvalue weighted by Gasteiger charge is -2.13. The molecule has 1 atom stereocenters. The lowest BCUT2D eigenvalue weighted by Crippen LogP contribution is -2.26. The second kappa shape index (κ2) is 6.01. The molecule has 0 saturated heterocycles. The molecule has 0 heterocycles. The molecule has 3 nitrogen and oxygen atoms in total. The molecule has 0 amide bonds. The van der Waals surface area contributed by atoms with Crippen molar-refractivity contribution in [2.45, 2.75) is 19.9 Å². The van der Waals surface area contributed by atoms with Crippen molar-refractivity contribution in [1.29, 1.82) is 0 Å². The van der Waals surface area contributed by atoms with Crippen molar-refractivity contribution in [3.05, 3.63) is 35.9 Å². The molecule has 1 aromatic carbocycles. The minimum absolute atomic E-state index is 0.188. The van der Waals surface area contributed by atoms with E-state index in [1.54, 1.807) is 6.92 Å². The zero-order valence-electron chi connectivity index (χ0n) is 9.81. The van der Waals surface area contributed by atoms with E-state index in [9.17, 15) is 8.42 Å². The molecule has 90 valence electrons. The van der Waals surface area contributed by atoms with Crippen LogP contribution in [-0.4, -0.2) is 26.5 Å². The van der Waals surface area contributed by atoms with E-state index in [0.29, 0.717) is 6.54 Å². The fourth-order valence-electron chi connectivity index (χ4n) is 1.43. The third kappa shape index (κ3) is 4.33. The molecule has 0 aliphatic rings. The first-order chi connectivity index (χ1) is 7.55. The molecule has 0 spiro atoms. The van der Waals surface area contributed by atoms with Gasteiger partial charge in [-0.2, -0.15) is 0 Å². The largest absolute Gasteiger partial charge is 0.309 e. The van der Waals surface area contributed by atoms with Crippen LogP contribution in [0.5, 0.6) is 0 Å². The van der Waals surface area contributed by atoms with Crippen LogP contribution in [0.25, 0.3) is 0 Å². The second-order valence-electron chi connectivity index (χ2n) is 3.82. The molecule has 1 rings (SSSR count). The van der Waals surface area contributed by atoms with Crippen LogP contribution in [0.4, 0.5) is 0 Å². The fraction of sp³-hybridized carbons (Fsp3) is 0.500. The first-order valence-electron chi connectivity index (χ1n) is 5.54. The molecule has 1 unspecified atom stereocenters. The Labute approximate surface area is 97.8 Å². The molecule has 0 fully saturated rings. The van der Waals surface area contributed by atoms with Crippen LogP contribution < -0.4 is 5.32 Å². The Balaban J connectivity index is 2.40. The lowest BCUT2D eigenvalue weighted by atomic mass is 10.1. The molecule has 4 heteroatoms. The Morgan fingerprint density at radius 1 is 1.25 bits per heavy atom. The summed E-state index contributed by atoms with van der Waals surface area (Å²) in [6.45, 7) is 4.22.